The number of piperazine rings is 1. The summed E-state index contributed by atoms with van der Waals surface area (Å²) in [5.74, 6) is 0. The van der Waals surface area contributed by atoms with Crippen LogP contribution >= 0.6 is 27.5 Å². The Kier molecular flexibility index (Phi) is 6.50. The molecule has 0 radical (unpaired) electrons. The standard InChI is InChI=1S/C16H23BrClFN2O/c1-2-15(22)14-11-20-9-10-21(14)13-5-3-12(4-6-13)16(18,19)7-8-17/h3-6,14-15,20,22H,2,7-11H2,1H3. The van der Waals surface area contributed by atoms with Gasteiger partial charge in [0.05, 0.1) is 12.1 Å². The van der Waals surface area contributed by atoms with Crippen molar-refractivity contribution in [3.63, 3.8) is 0 Å². The molecule has 0 aromatic heterocycles. The van der Waals surface area contributed by atoms with Crippen molar-refractivity contribution in [1.82, 2.24) is 5.32 Å². The summed E-state index contributed by atoms with van der Waals surface area (Å²) in [7, 11) is 0. The second-order valence-corrected chi connectivity index (χ2v) is 7.02. The number of aliphatic hydroxyl groups excluding tert-OH is 1. The van der Waals surface area contributed by atoms with E-state index >= 15 is 0 Å². The number of anilines is 1. The molecule has 1 aromatic rings. The van der Waals surface area contributed by atoms with Crippen LogP contribution in [0.5, 0.6) is 0 Å². The maximum Gasteiger partial charge on any atom is 0.209 e. The van der Waals surface area contributed by atoms with Crippen LogP contribution in [0.2, 0.25) is 0 Å². The Labute approximate surface area is 145 Å². The Hall–Kier alpha value is -0.360. The highest BCUT2D eigenvalue weighted by Gasteiger charge is 2.30. The van der Waals surface area contributed by atoms with E-state index < -0.39 is 5.13 Å². The lowest BCUT2D eigenvalue weighted by atomic mass is 10.0. The number of halogens is 3. The zero-order valence-electron chi connectivity index (χ0n) is 12.7. The van der Waals surface area contributed by atoms with Gasteiger partial charge < -0.3 is 15.3 Å². The lowest BCUT2D eigenvalue weighted by Crippen LogP contribution is -2.56. The minimum absolute atomic E-state index is 0.0401. The zero-order valence-corrected chi connectivity index (χ0v) is 15.1. The van der Waals surface area contributed by atoms with Crippen molar-refractivity contribution >= 4 is 33.2 Å². The van der Waals surface area contributed by atoms with Crippen LogP contribution in [0.25, 0.3) is 0 Å². The number of hydrogen-bond donors (Lipinski definition) is 2. The van der Waals surface area contributed by atoms with E-state index in [1.807, 2.05) is 19.1 Å². The number of hydrogen-bond acceptors (Lipinski definition) is 3. The monoisotopic (exact) mass is 392 g/mol. The van der Waals surface area contributed by atoms with E-state index in [2.05, 4.69) is 26.1 Å². The van der Waals surface area contributed by atoms with Gasteiger partial charge in [0.2, 0.25) is 5.13 Å². The van der Waals surface area contributed by atoms with Gasteiger partial charge >= 0.3 is 0 Å². The van der Waals surface area contributed by atoms with Gasteiger partial charge in [0.25, 0.3) is 0 Å². The van der Waals surface area contributed by atoms with Crippen molar-refractivity contribution in [2.45, 2.75) is 37.0 Å². The lowest BCUT2D eigenvalue weighted by molar-refractivity contribution is 0.129. The molecule has 1 fully saturated rings. The van der Waals surface area contributed by atoms with E-state index in [1.54, 1.807) is 12.1 Å². The van der Waals surface area contributed by atoms with Crippen LogP contribution in [0.3, 0.4) is 0 Å². The molecule has 3 nitrogen and oxygen atoms in total. The molecule has 3 unspecified atom stereocenters. The first-order valence-corrected chi connectivity index (χ1v) is 9.19. The first-order valence-electron chi connectivity index (χ1n) is 7.69. The molecule has 0 bridgehead atoms. The summed E-state index contributed by atoms with van der Waals surface area (Å²) in [5, 5.41) is 12.2. The number of nitrogens with one attached hydrogen (secondary N) is 1. The van der Waals surface area contributed by atoms with Gasteiger partial charge in [0.15, 0.2) is 0 Å². The maximum atomic E-state index is 14.3. The van der Waals surface area contributed by atoms with E-state index in [0.717, 1.165) is 25.3 Å². The Balaban J connectivity index is 2.18. The number of aliphatic hydroxyl groups is 1. The second kappa shape index (κ2) is 7.95. The van der Waals surface area contributed by atoms with Gasteiger partial charge in [-0.15, -0.1) is 0 Å². The van der Waals surface area contributed by atoms with Gasteiger partial charge in [-0.2, -0.15) is 0 Å². The normalized spacial score (nSPS) is 23.1. The number of rotatable bonds is 6. The predicted molar refractivity (Wildman–Crippen MR) is 93.8 cm³/mol. The van der Waals surface area contributed by atoms with Crippen LogP contribution in [-0.2, 0) is 5.13 Å². The molecular formula is C16H23BrClFN2O. The number of alkyl halides is 3. The topological polar surface area (TPSA) is 35.5 Å². The third-order valence-corrected chi connectivity index (χ3v) is 4.98. The van der Waals surface area contributed by atoms with Gasteiger partial charge in [-0.1, -0.05) is 46.6 Å². The molecule has 1 aliphatic heterocycles. The molecule has 0 saturated carbocycles. The van der Waals surface area contributed by atoms with Crippen molar-refractivity contribution in [2.24, 2.45) is 0 Å². The highest BCUT2D eigenvalue weighted by atomic mass is 79.9. The molecule has 6 heteroatoms. The first kappa shape index (κ1) is 18.0. The quantitative estimate of drug-likeness (QED) is 0.727. The molecule has 1 aromatic carbocycles. The molecule has 1 aliphatic rings. The molecule has 124 valence electrons. The minimum atomic E-state index is -1.84. The van der Waals surface area contributed by atoms with E-state index in [9.17, 15) is 9.50 Å². The Morgan fingerprint density at radius 3 is 2.77 bits per heavy atom. The van der Waals surface area contributed by atoms with E-state index in [1.165, 1.54) is 0 Å². The fourth-order valence-corrected chi connectivity index (χ4v) is 3.82. The largest absolute Gasteiger partial charge is 0.391 e. The first-order chi connectivity index (χ1) is 10.5. The highest BCUT2D eigenvalue weighted by Crippen LogP contribution is 2.36. The Morgan fingerprint density at radius 1 is 1.50 bits per heavy atom. The highest BCUT2D eigenvalue weighted by molar-refractivity contribution is 9.09. The number of nitrogens with zero attached hydrogens (tertiary/aromatic N) is 1. The fourth-order valence-electron chi connectivity index (χ4n) is 2.82. The maximum absolute atomic E-state index is 14.3. The Morgan fingerprint density at radius 2 is 2.18 bits per heavy atom. The molecule has 22 heavy (non-hydrogen) atoms. The smallest absolute Gasteiger partial charge is 0.209 e. The summed E-state index contributed by atoms with van der Waals surface area (Å²) in [6.45, 7) is 4.43. The summed E-state index contributed by atoms with van der Waals surface area (Å²) in [5.41, 5.74) is 1.47. The van der Waals surface area contributed by atoms with E-state index in [4.69, 9.17) is 11.6 Å². The van der Waals surface area contributed by atoms with Crippen LogP contribution in [0.15, 0.2) is 24.3 Å². The molecule has 1 heterocycles. The molecule has 1 saturated heterocycles. The summed E-state index contributed by atoms with van der Waals surface area (Å²) in [4.78, 5) is 2.19. The summed E-state index contributed by atoms with van der Waals surface area (Å²) in [6.07, 6.45) is 0.550. The molecular weight excluding hydrogens is 371 g/mol. The average Bonchev–Trinajstić information content (AvgIpc) is 2.54. The molecule has 2 N–H and O–H groups in total. The van der Waals surface area contributed by atoms with E-state index in [0.29, 0.717) is 17.3 Å². The predicted octanol–water partition coefficient (Wildman–Crippen LogP) is 3.38. The molecule has 0 amide bonds. The average molecular weight is 394 g/mol. The van der Waals surface area contributed by atoms with Crippen molar-refractivity contribution in [1.29, 1.82) is 0 Å². The van der Waals surface area contributed by atoms with Gasteiger partial charge in [-0.05, 0) is 18.6 Å². The third-order valence-electron chi connectivity index (χ3n) is 4.18. The molecule has 3 atom stereocenters. The third kappa shape index (κ3) is 4.13. The minimum Gasteiger partial charge on any atom is -0.391 e. The van der Waals surface area contributed by atoms with E-state index in [-0.39, 0.29) is 18.6 Å². The van der Waals surface area contributed by atoms with Gasteiger partial charge in [-0.25, -0.2) is 4.39 Å². The lowest BCUT2D eigenvalue weighted by Gasteiger charge is -2.40. The zero-order chi connectivity index (χ0) is 16.2. The SMILES string of the molecule is CCC(O)C1CNCCN1c1ccc(C(F)(Cl)CCBr)cc1. The molecule has 0 aliphatic carbocycles. The Bertz CT molecular complexity index is 472. The van der Waals surface area contributed by atoms with Crippen LogP contribution in [0, 0.1) is 0 Å². The van der Waals surface area contributed by atoms with Gasteiger partial charge in [0, 0.05) is 42.6 Å². The van der Waals surface area contributed by atoms with Crippen molar-refractivity contribution in [2.75, 3.05) is 29.9 Å². The van der Waals surface area contributed by atoms with Crippen LogP contribution in [0.1, 0.15) is 25.3 Å². The van der Waals surface area contributed by atoms with Crippen molar-refractivity contribution in [3.8, 4) is 0 Å². The van der Waals surface area contributed by atoms with Gasteiger partial charge in [0.1, 0.15) is 0 Å². The fraction of sp³-hybridized carbons (Fsp3) is 0.625. The summed E-state index contributed by atoms with van der Waals surface area (Å²) < 4.78 is 14.3. The van der Waals surface area contributed by atoms with Crippen LogP contribution in [-0.4, -0.2) is 42.2 Å². The van der Waals surface area contributed by atoms with Crippen molar-refractivity contribution < 1.29 is 9.50 Å². The summed E-state index contributed by atoms with van der Waals surface area (Å²) >= 11 is 9.16. The van der Waals surface area contributed by atoms with Crippen LogP contribution in [0.4, 0.5) is 10.1 Å². The summed E-state index contributed by atoms with van der Waals surface area (Å²) in [6, 6.07) is 7.30. The molecule has 0 spiro atoms. The molecule has 2 rings (SSSR count). The van der Waals surface area contributed by atoms with Crippen LogP contribution < -0.4 is 10.2 Å². The van der Waals surface area contributed by atoms with Crippen molar-refractivity contribution in [3.05, 3.63) is 29.8 Å². The number of benzene rings is 1. The van der Waals surface area contributed by atoms with Gasteiger partial charge in [-0.3, -0.25) is 0 Å². The second-order valence-electron chi connectivity index (χ2n) is 5.63.